The van der Waals surface area contributed by atoms with Gasteiger partial charge >= 0.3 is 0 Å². The van der Waals surface area contributed by atoms with E-state index in [9.17, 15) is 9.59 Å². The van der Waals surface area contributed by atoms with Gasteiger partial charge in [-0.1, -0.05) is 17.7 Å². The number of ether oxygens (including phenoxy) is 2. The van der Waals surface area contributed by atoms with Crippen LogP contribution in [0.2, 0.25) is 5.02 Å². The zero-order valence-electron chi connectivity index (χ0n) is 19.3. The van der Waals surface area contributed by atoms with Crippen LogP contribution in [0.4, 0.5) is 0 Å². The number of halogens is 1. The minimum atomic E-state index is -0.363. The molecule has 2 saturated heterocycles. The van der Waals surface area contributed by atoms with Crippen molar-refractivity contribution in [2.75, 3.05) is 60.5 Å². The van der Waals surface area contributed by atoms with Gasteiger partial charge in [0.1, 0.15) is 11.5 Å². The zero-order chi connectivity index (χ0) is 23.5. The average Bonchev–Trinajstić information content (AvgIpc) is 3.28. The fourth-order valence-corrected chi connectivity index (χ4v) is 4.92. The van der Waals surface area contributed by atoms with Crippen LogP contribution in [0.5, 0.6) is 11.5 Å². The zero-order valence-corrected chi connectivity index (χ0v) is 20.0. The van der Waals surface area contributed by atoms with Crippen LogP contribution in [0.25, 0.3) is 0 Å². The number of nitrogens with zero attached hydrogens (tertiary/aromatic N) is 3. The molecule has 0 radical (unpaired) electrons. The van der Waals surface area contributed by atoms with Crippen molar-refractivity contribution in [2.45, 2.75) is 5.92 Å². The fourth-order valence-electron chi connectivity index (χ4n) is 4.73. The summed E-state index contributed by atoms with van der Waals surface area (Å²) < 4.78 is 11.1. The van der Waals surface area contributed by atoms with Crippen molar-refractivity contribution in [3.8, 4) is 11.5 Å². The van der Waals surface area contributed by atoms with E-state index in [1.807, 2.05) is 23.1 Å². The number of hydrogen-bond donors (Lipinski definition) is 0. The molecule has 33 heavy (non-hydrogen) atoms. The molecule has 2 aromatic rings. The van der Waals surface area contributed by atoms with Gasteiger partial charge in [-0.2, -0.15) is 0 Å². The third kappa shape index (κ3) is 4.94. The molecule has 2 fully saturated rings. The van der Waals surface area contributed by atoms with Crippen molar-refractivity contribution >= 4 is 23.4 Å². The molecule has 0 bridgehead atoms. The standard InChI is InChI=1S/C25H30ClN3O4/c1-27-9-11-28(12-10-27)25(31)22-16-29(24(30)17-5-4-6-18(26)13-17)15-21(22)20-14-19(32-2)7-8-23(20)33-3/h4-8,13-14,21-22H,9-12,15-16H2,1-3H3/t21-,22-/m1/s1. The van der Waals surface area contributed by atoms with Crippen molar-refractivity contribution in [1.29, 1.82) is 0 Å². The summed E-state index contributed by atoms with van der Waals surface area (Å²) in [5.74, 6) is 0.769. The summed E-state index contributed by atoms with van der Waals surface area (Å²) in [5, 5.41) is 0.510. The third-order valence-corrected chi connectivity index (χ3v) is 6.88. The Morgan fingerprint density at radius 2 is 1.70 bits per heavy atom. The molecule has 0 N–H and O–H groups in total. The second kappa shape index (κ2) is 10.0. The van der Waals surface area contributed by atoms with Gasteiger partial charge in [0.25, 0.3) is 5.91 Å². The number of carbonyl (C=O) groups excluding carboxylic acids is 2. The van der Waals surface area contributed by atoms with Crippen LogP contribution in [0.15, 0.2) is 42.5 Å². The van der Waals surface area contributed by atoms with Crippen LogP contribution in [-0.2, 0) is 4.79 Å². The number of hydrogen-bond acceptors (Lipinski definition) is 5. The highest BCUT2D eigenvalue weighted by atomic mass is 35.5. The van der Waals surface area contributed by atoms with Crippen molar-refractivity contribution in [3.63, 3.8) is 0 Å². The molecule has 176 valence electrons. The van der Waals surface area contributed by atoms with Crippen molar-refractivity contribution in [1.82, 2.24) is 14.7 Å². The van der Waals surface area contributed by atoms with Crippen LogP contribution < -0.4 is 9.47 Å². The molecule has 0 aromatic heterocycles. The summed E-state index contributed by atoms with van der Waals surface area (Å²) in [6, 6.07) is 12.5. The molecule has 2 aromatic carbocycles. The van der Waals surface area contributed by atoms with Gasteiger partial charge < -0.3 is 24.2 Å². The molecular weight excluding hydrogens is 442 g/mol. The first kappa shape index (κ1) is 23.4. The first-order valence-corrected chi connectivity index (χ1v) is 11.5. The predicted molar refractivity (Wildman–Crippen MR) is 127 cm³/mol. The molecular formula is C25H30ClN3O4. The number of methoxy groups -OCH3 is 2. The lowest BCUT2D eigenvalue weighted by Gasteiger charge is -2.35. The van der Waals surface area contributed by atoms with E-state index in [-0.39, 0.29) is 23.7 Å². The van der Waals surface area contributed by atoms with E-state index in [1.54, 1.807) is 43.4 Å². The topological polar surface area (TPSA) is 62.3 Å². The van der Waals surface area contributed by atoms with Crippen molar-refractivity contribution in [3.05, 3.63) is 58.6 Å². The summed E-state index contributed by atoms with van der Waals surface area (Å²) in [5.41, 5.74) is 1.40. The summed E-state index contributed by atoms with van der Waals surface area (Å²) in [7, 11) is 5.29. The van der Waals surface area contributed by atoms with Gasteiger partial charge in [-0.05, 0) is 43.4 Å². The van der Waals surface area contributed by atoms with Gasteiger partial charge in [0, 0.05) is 61.3 Å². The van der Waals surface area contributed by atoms with Crippen LogP contribution in [0.3, 0.4) is 0 Å². The maximum Gasteiger partial charge on any atom is 0.253 e. The lowest BCUT2D eigenvalue weighted by Crippen LogP contribution is -2.50. The van der Waals surface area contributed by atoms with Gasteiger partial charge in [0.2, 0.25) is 5.91 Å². The highest BCUT2D eigenvalue weighted by molar-refractivity contribution is 6.30. The Hall–Kier alpha value is -2.77. The second-order valence-electron chi connectivity index (χ2n) is 8.67. The Labute approximate surface area is 199 Å². The summed E-state index contributed by atoms with van der Waals surface area (Å²) >= 11 is 6.12. The number of piperazine rings is 1. The monoisotopic (exact) mass is 471 g/mol. The molecule has 7 nitrogen and oxygen atoms in total. The highest BCUT2D eigenvalue weighted by Gasteiger charge is 2.43. The van der Waals surface area contributed by atoms with Gasteiger partial charge in [-0.25, -0.2) is 0 Å². The quantitative estimate of drug-likeness (QED) is 0.671. The number of benzene rings is 2. The molecule has 2 heterocycles. The van der Waals surface area contributed by atoms with Crippen LogP contribution >= 0.6 is 11.6 Å². The van der Waals surface area contributed by atoms with E-state index in [1.165, 1.54) is 0 Å². The molecule has 2 atom stereocenters. The molecule has 4 rings (SSSR count). The second-order valence-corrected chi connectivity index (χ2v) is 9.11. The van der Waals surface area contributed by atoms with E-state index >= 15 is 0 Å². The van der Waals surface area contributed by atoms with E-state index in [0.717, 1.165) is 18.7 Å². The molecule has 0 spiro atoms. The molecule has 0 saturated carbocycles. The SMILES string of the molecule is COc1ccc(OC)c([C@H]2CN(C(=O)c3cccc(Cl)c3)C[C@H]2C(=O)N2CCN(C)CC2)c1. The summed E-state index contributed by atoms with van der Waals surface area (Å²) in [4.78, 5) is 32.9. The Kier molecular flexibility index (Phi) is 7.10. The largest absolute Gasteiger partial charge is 0.497 e. The normalized spacial score (nSPS) is 21.2. The maximum atomic E-state index is 13.7. The molecule has 2 aliphatic heterocycles. The highest BCUT2D eigenvalue weighted by Crippen LogP contribution is 2.40. The first-order chi connectivity index (χ1) is 15.9. The van der Waals surface area contributed by atoms with E-state index in [4.69, 9.17) is 21.1 Å². The number of rotatable bonds is 5. The average molecular weight is 472 g/mol. The number of carbonyl (C=O) groups is 2. The summed E-state index contributed by atoms with van der Waals surface area (Å²) in [6.07, 6.45) is 0. The molecule has 8 heteroatoms. The smallest absolute Gasteiger partial charge is 0.253 e. The minimum absolute atomic E-state index is 0.0827. The first-order valence-electron chi connectivity index (χ1n) is 11.2. The van der Waals surface area contributed by atoms with Gasteiger partial charge in [-0.3, -0.25) is 9.59 Å². The summed E-state index contributed by atoms with van der Waals surface area (Å²) in [6.45, 7) is 3.83. The van der Waals surface area contributed by atoms with E-state index in [0.29, 0.717) is 48.3 Å². The van der Waals surface area contributed by atoms with Gasteiger partial charge in [-0.15, -0.1) is 0 Å². The number of likely N-dealkylation sites (tertiary alicyclic amines) is 1. The van der Waals surface area contributed by atoms with Crippen molar-refractivity contribution in [2.24, 2.45) is 5.92 Å². The Morgan fingerprint density at radius 1 is 0.939 bits per heavy atom. The molecule has 2 amide bonds. The molecule has 2 aliphatic rings. The molecule has 0 unspecified atom stereocenters. The fraction of sp³-hybridized carbons (Fsp3) is 0.440. The lowest BCUT2D eigenvalue weighted by molar-refractivity contribution is -0.137. The Balaban J connectivity index is 1.67. The maximum absolute atomic E-state index is 13.7. The van der Waals surface area contributed by atoms with Crippen LogP contribution in [0.1, 0.15) is 21.8 Å². The Morgan fingerprint density at radius 3 is 2.36 bits per heavy atom. The van der Waals surface area contributed by atoms with Crippen LogP contribution in [-0.4, -0.2) is 87.0 Å². The van der Waals surface area contributed by atoms with E-state index in [2.05, 4.69) is 11.9 Å². The number of likely N-dealkylation sites (N-methyl/N-ethyl adjacent to an activating group) is 1. The lowest BCUT2D eigenvalue weighted by atomic mass is 9.87. The van der Waals surface area contributed by atoms with E-state index < -0.39 is 0 Å². The third-order valence-electron chi connectivity index (χ3n) is 6.65. The minimum Gasteiger partial charge on any atom is -0.497 e. The predicted octanol–water partition coefficient (Wildman–Crippen LogP) is 2.99. The van der Waals surface area contributed by atoms with Crippen molar-refractivity contribution < 1.29 is 19.1 Å². The Bertz CT molecular complexity index is 1020. The number of amides is 2. The van der Waals surface area contributed by atoms with Gasteiger partial charge in [0.05, 0.1) is 20.1 Å². The van der Waals surface area contributed by atoms with Gasteiger partial charge in [0.15, 0.2) is 0 Å². The molecule has 0 aliphatic carbocycles. The van der Waals surface area contributed by atoms with Crippen LogP contribution in [0, 0.1) is 5.92 Å².